The van der Waals surface area contributed by atoms with Crippen LogP contribution in [-0.2, 0) is 6.42 Å². The van der Waals surface area contributed by atoms with Crippen molar-refractivity contribution >= 4 is 11.8 Å². The van der Waals surface area contributed by atoms with Crippen LogP contribution >= 0.6 is 0 Å². The first kappa shape index (κ1) is 17.8. The van der Waals surface area contributed by atoms with Gasteiger partial charge in [0.05, 0.1) is 13.7 Å². The molecule has 0 unspecified atom stereocenters. The maximum atomic E-state index is 5.89. The second kappa shape index (κ2) is 8.96. The van der Waals surface area contributed by atoms with Gasteiger partial charge in [-0.1, -0.05) is 32.3 Å². The third-order valence-electron chi connectivity index (χ3n) is 3.79. The highest BCUT2D eigenvalue weighted by Crippen LogP contribution is 2.29. The average Bonchev–Trinajstić information content (AvgIpc) is 2.58. The summed E-state index contributed by atoms with van der Waals surface area (Å²) in [6, 6.07) is 5.89. The third kappa shape index (κ3) is 5.01. The molecule has 4 N–H and O–H groups in total. The SMILES string of the molecule is CCCCCCOc1ccc(Cc2cnc(N)nc2N)cc1OC. The normalized spacial score (nSPS) is 10.6. The molecule has 1 aromatic heterocycles. The van der Waals surface area contributed by atoms with E-state index in [4.69, 9.17) is 20.9 Å². The predicted molar refractivity (Wildman–Crippen MR) is 96.3 cm³/mol. The molecule has 0 amide bonds. The van der Waals surface area contributed by atoms with Gasteiger partial charge in [0.25, 0.3) is 0 Å². The number of aromatic nitrogens is 2. The number of methoxy groups -OCH3 is 1. The molecule has 0 aliphatic carbocycles. The van der Waals surface area contributed by atoms with Gasteiger partial charge in [0, 0.05) is 18.2 Å². The Bertz CT molecular complexity index is 661. The van der Waals surface area contributed by atoms with Crippen molar-refractivity contribution in [1.29, 1.82) is 0 Å². The summed E-state index contributed by atoms with van der Waals surface area (Å²) < 4.78 is 11.3. The number of nitrogen functional groups attached to an aromatic ring is 2. The van der Waals surface area contributed by atoms with Gasteiger partial charge in [0.1, 0.15) is 5.82 Å². The van der Waals surface area contributed by atoms with Crippen molar-refractivity contribution in [3.05, 3.63) is 35.5 Å². The minimum atomic E-state index is 0.181. The van der Waals surface area contributed by atoms with Crippen molar-refractivity contribution in [2.75, 3.05) is 25.2 Å². The summed E-state index contributed by atoms with van der Waals surface area (Å²) in [7, 11) is 1.64. The van der Waals surface area contributed by atoms with Gasteiger partial charge < -0.3 is 20.9 Å². The van der Waals surface area contributed by atoms with E-state index in [1.165, 1.54) is 19.3 Å². The second-order valence-corrected chi connectivity index (χ2v) is 5.71. The second-order valence-electron chi connectivity index (χ2n) is 5.71. The van der Waals surface area contributed by atoms with E-state index in [-0.39, 0.29) is 5.95 Å². The zero-order valence-electron chi connectivity index (χ0n) is 14.4. The monoisotopic (exact) mass is 330 g/mol. The fourth-order valence-electron chi connectivity index (χ4n) is 2.44. The van der Waals surface area contributed by atoms with Crippen molar-refractivity contribution in [2.45, 2.75) is 39.0 Å². The Balaban J connectivity index is 2.02. The van der Waals surface area contributed by atoms with Crippen LogP contribution in [0.3, 0.4) is 0 Å². The first-order valence-electron chi connectivity index (χ1n) is 8.30. The maximum absolute atomic E-state index is 5.89. The van der Waals surface area contributed by atoms with Crippen LogP contribution in [-0.4, -0.2) is 23.7 Å². The lowest BCUT2D eigenvalue weighted by atomic mass is 10.1. The lowest BCUT2D eigenvalue weighted by Crippen LogP contribution is -2.04. The number of ether oxygens (including phenoxy) is 2. The molecule has 0 aliphatic rings. The van der Waals surface area contributed by atoms with Crippen molar-refractivity contribution in [1.82, 2.24) is 9.97 Å². The van der Waals surface area contributed by atoms with Crippen LogP contribution in [0.1, 0.15) is 43.7 Å². The van der Waals surface area contributed by atoms with Crippen LogP contribution in [0.25, 0.3) is 0 Å². The molecular weight excluding hydrogens is 304 g/mol. The first-order chi connectivity index (χ1) is 11.6. The third-order valence-corrected chi connectivity index (χ3v) is 3.79. The fourth-order valence-corrected chi connectivity index (χ4v) is 2.44. The summed E-state index contributed by atoms with van der Waals surface area (Å²) in [6.07, 6.45) is 6.97. The molecule has 24 heavy (non-hydrogen) atoms. The lowest BCUT2D eigenvalue weighted by Gasteiger charge is -2.12. The molecule has 0 fully saturated rings. The Morgan fingerprint density at radius 3 is 2.62 bits per heavy atom. The minimum absolute atomic E-state index is 0.181. The van der Waals surface area contributed by atoms with E-state index in [1.807, 2.05) is 18.2 Å². The van der Waals surface area contributed by atoms with Crippen LogP contribution in [0.5, 0.6) is 11.5 Å². The summed E-state index contributed by atoms with van der Waals surface area (Å²) in [5, 5.41) is 0. The molecule has 130 valence electrons. The van der Waals surface area contributed by atoms with E-state index in [2.05, 4.69) is 16.9 Å². The molecule has 1 heterocycles. The Labute approximate surface area is 143 Å². The number of anilines is 2. The first-order valence-corrected chi connectivity index (χ1v) is 8.30. The molecule has 2 rings (SSSR count). The van der Waals surface area contributed by atoms with Gasteiger partial charge in [-0.3, -0.25) is 0 Å². The Kier molecular flexibility index (Phi) is 6.66. The van der Waals surface area contributed by atoms with Gasteiger partial charge in [-0.25, -0.2) is 4.98 Å². The number of benzene rings is 1. The molecule has 0 bridgehead atoms. The van der Waals surface area contributed by atoms with Crippen LogP contribution in [0.15, 0.2) is 24.4 Å². The molecule has 0 radical (unpaired) electrons. The molecule has 1 aromatic carbocycles. The summed E-state index contributed by atoms with van der Waals surface area (Å²) in [5.41, 5.74) is 13.3. The lowest BCUT2D eigenvalue weighted by molar-refractivity contribution is 0.285. The summed E-state index contributed by atoms with van der Waals surface area (Å²) in [6.45, 7) is 2.90. The smallest absolute Gasteiger partial charge is 0.221 e. The van der Waals surface area contributed by atoms with Gasteiger partial charge in [-0.2, -0.15) is 4.98 Å². The Hall–Kier alpha value is -2.50. The number of unbranched alkanes of at least 4 members (excludes halogenated alkanes) is 3. The molecule has 0 spiro atoms. The predicted octanol–water partition coefficient (Wildman–Crippen LogP) is 3.20. The van der Waals surface area contributed by atoms with Gasteiger partial charge in [-0.05, 0) is 24.1 Å². The quantitative estimate of drug-likeness (QED) is 0.685. The minimum Gasteiger partial charge on any atom is -0.493 e. The zero-order valence-corrected chi connectivity index (χ0v) is 14.4. The van der Waals surface area contributed by atoms with Crippen molar-refractivity contribution in [2.24, 2.45) is 0 Å². The van der Waals surface area contributed by atoms with E-state index in [0.29, 0.717) is 18.8 Å². The van der Waals surface area contributed by atoms with Crippen molar-refractivity contribution in [3.8, 4) is 11.5 Å². The topological polar surface area (TPSA) is 96.3 Å². The Morgan fingerprint density at radius 1 is 1.08 bits per heavy atom. The van der Waals surface area contributed by atoms with Gasteiger partial charge in [-0.15, -0.1) is 0 Å². The maximum Gasteiger partial charge on any atom is 0.221 e. The number of hydrogen-bond donors (Lipinski definition) is 2. The number of hydrogen-bond acceptors (Lipinski definition) is 6. The molecule has 2 aromatic rings. The van der Waals surface area contributed by atoms with E-state index in [0.717, 1.165) is 29.0 Å². The van der Waals surface area contributed by atoms with E-state index >= 15 is 0 Å². The van der Waals surface area contributed by atoms with E-state index in [1.54, 1.807) is 13.3 Å². The van der Waals surface area contributed by atoms with Crippen LogP contribution in [0.2, 0.25) is 0 Å². The molecule has 0 saturated carbocycles. The van der Waals surface area contributed by atoms with Crippen LogP contribution < -0.4 is 20.9 Å². The summed E-state index contributed by atoms with van der Waals surface area (Å²) >= 11 is 0. The molecule has 0 atom stereocenters. The number of nitrogens with two attached hydrogens (primary N) is 2. The molecule has 0 aliphatic heterocycles. The van der Waals surface area contributed by atoms with Gasteiger partial charge >= 0.3 is 0 Å². The fraction of sp³-hybridized carbons (Fsp3) is 0.444. The van der Waals surface area contributed by atoms with Crippen molar-refractivity contribution in [3.63, 3.8) is 0 Å². The van der Waals surface area contributed by atoms with E-state index in [9.17, 15) is 0 Å². The van der Waals surface area contributed by atoms with Crippen LogP contribution in [0, 0.1) is 0 Å². The van der Waals surface area contributed by atoms with Crippen molar-refractivity contribution < 1.29 is 9.47 Å². The van der Waals surface area contributed by atoms with Gasteiger partial charge in [0.2, 0.25) is 5.95 Å². The molecule has 6 heteroatoms. The number of rotatable bonds is 9. The molecular formula is C18H26N4O2. The zero-order chi connectivity index (χ0) is 17.4. The molecule has 6 nitrogen and oxygen atoms in total. The summed E-state index contributed by atoms with van der Waals surface area (Å²) in [5.74, 6) is 2.07. The van der Waals surface area contributed by atoms with Crippen LogP contribution in [0.4, 0.5) is 11.8 Å². The highest BCUT2D eigenvalue weighted by molar-refractivity contribution is 5.48. The average molecular weight is 330 g/mol. The largest absolute Gasteiger partial charge is 0.493 e. The summed E-state index contributed by atoms with van der Waals surface area (Å²) in [4.78, 5) is 7.98. The highest BCUT2D eigenvalue weighted by Gasteiger charge is 2.09. The highest BCUT2D eigenvalue weighted by atomic mass is 16.5. The van der Waals surface area contributed by atoms with E-state index < -0.39 is 0 Å². The number of nitrogens with zero attached hydrogens (tertiary/aromatic N) is 2. The van der Waals surface area contributed by atoms with Gasteiger partial charge in [0.15, 0.2) is 11.5 Å². The molecule has 0 saturated heterocycles. The standard InChI is InChI=1S/C18H26N4O2/c1-3-4-5-6-9-24-15-8-7-13(11-16(15)23-2)10-14-12-21-18(20)22-17(14)19/h7-8,11-12H,3-6,9-10H2,1-2H3,(H4,19,20,21,22). The Morgan fingerprint density at radius 2 is 1.92 bits per heavy atom.